The first kappa shape index (κ1) is 13.7. The van der Waals surface area contributed by atoms with Crippen molar-refractivity contribution in [2.24, 2.45) is 0 Å². The maximum absolute atomic E-state index is 12.3. The summed E-state index contributed by atoms with van der Waals surface area (Å²) in [5, 5.41) is 8.96. The van der Waals surface area contributed by atoms with Crippen molar-refractivity contribution in [3.63, 3.8) is 0 Å². The van der Waals surface area contributed by atoms with Crippen LogP contribution in [-0.4, -0.2) is 19.4 Å². The molecule has 2 aromatic rings. The van der Waals surface area contributed by atoms with Crippen molar-refractivity contribution in [2.45, 2.75) is 23.3 Å². The maximum Gasteiger partial charge on any atom is 0.243 e. The molecule has 0 amide bonds. The second kappa shape index (κ2) is 5.28. The van der Waals surface area contributed by atoms with Gasteiger partial charge in [-0.2, -0.15) is 5.26 Å². The molecule has 3 rings (SSSR count). The predicted molar refractivity (Wildman–Crippen MR) is 76.9 cm³/mol. The van der Waals surface area contributed by atoms with Crippen LogP contribution in [-0.2, 0) is 10.0 Å². The van der Waals surface area contributed by atoms with Gasteiger partial charge in [-0.05, 0) is 24.1 Å². The molecule has 1 aliphatic carbocycles. The Morgan fingerprint density at radius 2 is 1.95 bits per heavy atom. The number of nitrogens with zero attached hydrogens (tertiary/aromatic N) is 2. The first-order chi connectivity index (χ1) is 10.1. The lowest BCUT2D eigenvalue weighted by Crippen LogP contribution is -2.27. The van der Waals surface area contributed by atoms with Crippen molar-refractivity contribution in [1.29, 1.82) is 5.26 Å². The van der Waals surface area contributed by atoms with E-state index in [1.807, 2.05) is 36.4 Å². The Balaban J connectivity index is 1.79. The molecule has 0 saturated heterocycles. The molecule has 0 aliphatic heterocycles. The second-order valence-corrected chi connectivity index (χ2v) is 6.63. The first-order valence-electron chi connectivity index (χ1n) is 6.54. The van der Waals surface area contributed by atoms with Gasteiger partial charge in [-0.25, -0.2) is 18.1 Å². The van der Waals surface area contributed by atoms with Crippen LogP contribution in [0.2, 0.25) is 0 Å². The Labute approximate surface area is 123 Å². The number of nitriles is 1. The second-order valence-electron chi connectivity index (χ2n) is 4.94. The van der Waals surface area contributed by atoms with Gasteiger partial charge < -0.3 is 0 Å². The highest BCUT2D eigenvalue weighted by Crippen LogP contribution is 2.41. The van der Waals surface area contributed by atoms with E-state index in [1.54, 1.807) is 0 Å². The van der Waals surface area contributed by atoms with Crippen LogP contribution in [0.25, 0.3) is 0 Å². The third kappa shape index (κ3) is 2.79. The lowest BCUT2D eigenvalue weighted by atomic mass is 10.1. The molecule has 1 heterocycles. The Bertz CT molecular complexity index is 797. The quantitative estimate of drug-likeness (QED) is 0.933. The number of hydrogen-bond acceptors (Lipinski definition) is 4. The zero-order chi connectivity index (χ0) is 14.9. The number of aromatic nitrogens is 1. The zero-order valence-electron chi connectivity index (χ0n) is 11.1. The van der Waals surface area contributed by atoms with E-state index < -0.39 is 10.0 Å². The van der Waals surface area contributed by atoms with E-state index in [2.05, 4.69) is 9.71 Å². The van der Waals surface area contributed by atoms with Crippen LogP contribution >= 0.6 is 0 Å². The summed E-state index contributed by atoms with van der Waals surface area (Å²) in [5.41, 5.74) is 1.04. The molecule has 1 aliphatic rings. The van der Waals surface area contributed by atoms with Crippen LogP contribution in [0.3, 0.4) is 0 Å². The van der Waals surface area contributed by atoms with Crippen molar-refractivity contribution in [3.05, 3.63) is 59.9 Å². The Morgan fingerprint density at radius 1 is 1.19 bits per heavy atom. The van der Waals surface area contributed by atoms with E-state index in [-0.39, 0.29) is 22.5 Å². The molecular formula is C15H13N3O2S. The van der Waals surface area contributed by atoms with E-state index in [4.69, 9.17) is 5.26 Å². The highest BCUT2D eigenvalue weighted by molar-refractivity contribution is 7.89. The van der Waals surface area contributed by atoms with Gasteiger partial charge in [-0.15, -0.1) is 0 Å². The van der Waals surface area contributed by atoms with Gasteiger partial charge in [0.2, 0.25) is 10.0 Å². The van der Waals surface area contributed by atoms with E-state index in [0.717, 1.165) is 12.0 Å². The van der Waals surface area contributed by atoms with Crippen LogP contribution in [0.1, 0.15) is 23.6 Å². The summed E-state index contributed by atoms with van der Waals surface area (Å²) in [6.45, 7) is 0. The fourth-order valence-electron chi connectivity index (χ4n) is 2.35. The molecule has 1 aromatic carbocycles. The number of sulfonamides is 1. The normalized spacial score (nSPS) is 20.7. The molecule has 1 N–H and O–H groups in total. The lowest BCUT2D eigenvalue weighted by Gasteiger charge is -2.07. The molecule has 0 bridgehead atoms. The van der Waals surface area contributed by atoms with Gasteiger partial charge >= 0.3 is 0 Å². The van der Waals surface area contributed by atoms with Crippen LogP contribution in [0.5, 0.6) is 0 Å². The fraction of sp³-hybridized carbons (Fsp3) is 0.200. The summed E-state index contributed by atoms with van der Waals surface area (Å²) in [6.07, 6.45) is 2.17. The number of pyridine rings is 1. The molecule has 5 nitrogen and oxygen atoms in total. The molecule has 106 valence electrons. The minimum absolute atomic E-state index is 0.0637. The minimum Gasteiger partial charge on any atom is -0.244 e. The summed E-state index contributed by atoms with van der Waals surface area (Å²) in [7, 11) is -3.72. The van der Waals surface area contributed by atoms with Crippen LogP contribution in [0.4, 0.5) is 0 Å². The number of benzene rings is 1. The van der Waals surface area contributed by atoms with E-state index in [9.17, 15) is 8.42 Å². The van der Waals surface area contributed by atoms with Gasteiger partial charge in [0, 0.05) is 18.2 Å². The SMILES string of the molecule is N#Cc1ncccc1S(=O)(=O)NC1CC1c1ccccc1. The van der Waals surface area contributed by atoms with E-state index in [0.29, 0.717) is 0 Å². The van der Waals surface area contributed by atoms with Crippen molar-refractivity contribution in [1.82, 2.24) is 9.71 Å². The molecule has 0 radical (unpaired) electrons. The van der Waals surface area contributed by atoms with Gasteiger partial charge in [-0.3, -0.25) is 0 Å². The summed E-state index contributed by atoms with van der Waals surface area (Å²) in [4.78, 5) is 3.72. The van der Waals surface area contributed by atoms with Gasteiger partial charge in [-0.1, -0.05) is 30.3 Å². The van der Waals surface area contributed by atoms with Crippen molar-refractivity contribution < 1.29 is 8.42 Å². The Hall–Kier alpha value is -2.23. The minimum atomic E-state index is -3.72. The van der Waals surface area contributed by atoms with Crippen molar-refractivity contribution in [3.8, 4) is 6.07 Å². The predicted octanol–water partition coefficient (Wildman–Crippen LogP) is 1.79. The Morgan fingerprint density at radius 3 is 2.67 bits per heavy atom. The monoisotopic (exact) mass is 299 g/mol. The number of hydrogen-bond donors (Lipinski definition) is 1. The molecule has 2 unspecified atom stereocenters. The van der Waals surface area contributed by atoms with Crippen LogP contribution < -0.4 is 4.72 Å². The van der Waals surface area contributed by atoms with Gasteiger partial charge in [0.25, 0.3) is 0 Å². The molecule has 1 fully saturated rings. The standard InChI is InChI=1S/C15H13N3O2S/c16-10-14-15(7-4-8-17-14)21(19,20)18-13-9-12(13)11-5-2-1-3-6-11/h1-8,12-13,18H,9H2. The molecule has 2 atom stereocenters. The average Bonchev–Trinajstić information content (AvgIpc) is 3.26. The summed E-state index contributed by atoms with van der Waals surface area (Å²) in [5.74, 6) is 0.197. The summed E-state index contributed by atoms with van der Waals surface area (Å²) in [6, 6.07) is 14.4. The van der Waals surface area contributed by atoms with Gasteiger partial charge in [0.15, 0.2) is 5.69 Å². The first-order valence-corrected chi connectivity index (χ1v) is 8.02. The largest absolute Gasteiger partial charge is 0.244 e. The number of rotatable bonds is 4. The third-order valence-corrected chi connectivity index (χ3v) is 5.01. The molecule has 6 heteroatoms. The highest BCUT2D eigenvalue weighted by atomic mass is 32.2. The third-order valence-electron chi connectivity index (χ3n) is 3.49. The van der Waals surface area contributed by atoms with Crippen LogP contribution in [0.15, 0.2) is 53.6 Å². The molecule has 0 spiro atoms. The highest BCUT2D eigenvalue weighted by Gasteiger charge is 2.41. The van der Waals surface area contributed by atoms with Crippen molar-refractivity contribution in [2.75, 3.05) is 0 Å². The van der Waals surface area contributed by atoms with Gasteiger partial charge in [0.1, 0.15) is 11.0 Å². The molecule has 21 heavy (non-hydrogen) atoms. The molecule has 1 aromatic heterocycles. The van der Waals surface area contributed by atoms with E-state index in [1.165, 1.54) is 18.3 Å². The molecule has 1 saturated carbocycles. The smallest absolute Gasteiger partial charge is 0.243 e. The Kier molecular flexibility index (Phi) is 3.45. The van der Waals surface area contributed by atoms with E-state index >= 15 is 0 Å². The number of nitrogens with one attached hydrogen (secondary N) is 1. The van der Waals surface area contributed by atoms with Gasteiger partial charge in [0.05, 0.1) is 0 Å². The summed E-state index contributed by atoms with van der Waals surface area (Å²) < 4.78 is 27.3. The summed E-state index contributed by atoms with van der Waals surface area (Å²) >= 11 is 0. The molecular weight excluding hydrogens is 286 g/mol. The van der Waals surface area contributed by atoms with Crippen LogP contribution in [0, 0.1) is 11.3 Å². The average molecular weight is 299 g/mol. The topological polar surface area (TPSA) is 82.8 Å². The zero-order valence-corrected chi connectivity index (χ0v) is 11.9. The fourth-order valence-corrected chi connectivity index (χ4v) is 3.74. The maximum atomic E-state index is 12.3. The van der Waals surface area contributed by atoms with Crippen molar-refractivity contribution >= 4 is 10.0 Å². The lowest BCUT2D eigenvalue weighted by molar-refractivity contribution is 0.579.